The van der Waals surface area contributed by atoms with E-state index in [9.17, 15) is 9.90 Å². The minimum absolute atomic E-state index is 0.0143. The molecule has 2 atom stereocenters. The van der Waals surface area contributed by atoms with Crippen LogP contribution in [-0.4, -0.2) is 75.3 Å². The fourth-order valence-corrected chi connectivity index (χ4v) is 9.24. The number of pyridine rings is 2. The Morgan fingerprint density at radius 2 is 1.91 bits per heavy atom. The Labute approximate surface area is 272 Å². The number of thioether (sulfide) groups is 1. The third-order valence-electron chi connectivity index (χ3n) is 10.0. The summed E-state index contributed by atoms with van der Waals surface area (Å²) in [5.74, 6) is 0.507. The largest absolute Gasteiger partial charge is 0.392 e. The molecular formula is C35H38FN7O2S. The lowest BCUT2D eigenvalue weighted by Crippen LogP contribution is -2.47. The molecule has 3 aromatic heterocycles. The van der Waals surface area contributed by atoms with Crippen molar-refractivity contribution in [1.82, 2.24) is 19.3 Å². The number of carbonyl (C=O) groups excluding carboxylic acids is 1. The number of anilines is 4. The van der Waals surface area contributed by atoms with E-state index < -0.39 is 5.82 Å². The van der Waals surface area contributed by atoms with Gasteiger partial charge in [0.25, 0.3) is 0 Å². The molecule has 0 saturated carbocycles. The first kappa shape index (κ1) is 29.5. The summed E-state index contributed by atoms with van der Waals surface area (Å²) in [6, 6.07) is 8.80. The first-order valence-corrected chi connectivity index (χ1v) is 17.1. The molecule has 0 bridgehead atoms. The summed E-state index contributed by atoms with van der Waals surface area (Å²) in [6.45, 7) is 4.15. The van der Waals surface area contributed by atoms with Crippen LogP contribution >= 0.6 is 11.8 Å². The highest BCUT2D eigenvalue weighted by atomic mass is 32.2. The van der Waals surface area contributed by atoms with E-state index in [1.807, 2.05) is 35.1 Å². The second kappa shape index (κ2) is 12.0. The number of piperazine rings is 1. The number of amides is 1. The van der Waals surface area contributed by atoms with Crippen LogP contribution in [0.5, 0.6) is 0 Å². The number of aromatic nitrogens is 3. The third kappa shape index (κ3) is 5.24. The summed E-state index contributed by atoms with van der Waals surface area (Å²) >= 11 is 1.72. The second-order valence-corrected chi connectivity index (χ2v) is 14.0. The lowest BCUT2D eigenvalue weighted by molar-refractivity contribution is -0.119. The van der Waals surface area contributed by atoms with E-state index in [1.165, 1.54) is 35.5 Å². The molecule has 3 aliphatic heterocycles. The Hall–Kier alpha value is -3.93. The van der Waals surface area contributed by atoms with E-state index in [0.29, 0.717) is 46.1 Å². The van der Waals surface area contributed by atoms with Gasteiger partial charge in [-0.2, -0.15) is 0 Å². The molecule has 2 N–H and O–H groups in total. The zero-order chi connectivity index (χ0) is 31.4. The molecule has 6 heterocycles. The van der Waals surface area contributed by atoms with E-state index in [4.69, 9.17) is 4.98 Å². The summed E-state index contributed by atoms with van der Waals surface area (Å²) in [4.78, 5) is 31.0. The van der Waals surface area contributed by atoms with Crippen LogP contribution in [0.2, 0.25) is 0 Å². The summed E-state index contributed by atoms with van der Waals surface area (Å²) in [5.41, 5.74) is 6.19. The van der Waals surface area contributed by atoms with Gasteiger partial charge in [0, 0.05) is 68.4 Å². The smallest absolute Gasteiger partial charge is 0.241 e. The van der Waals surface area contributed by atoms with Crippen molar-refractivity contribution in [1.29, 1.82) is 0 Å². The fraction of sp³-hybridized carbons (Fsp3) is 0.400. The maximum Gasteiger partial charge on any atom is 0.241 e. The van der Waals surface area contributed by atoms with E-state index >= 15 is 4.39 Å². The number of nitrogens with one attached hydrogen (secondary N) is 1. The first-order valence-electron chi connectivity index (χ1n) is 16.2. The molecule has 1 amide bonds. The predicted octanol–water partition coefficient (Wildman–Crippen LogP) is 5.82. The predicted molar refractivity (Wildman–Crippen MR) is 181 cm³/mol. The maximum absolute atomic E-state index is 15.5. The molecule has 2 fully saturated rings. The zero-order valence-corrected chi connectivity index (χ0v) is 26.8. The van der Waals surface area contributed by atoms with E-state index in [-0.39, 0.29) is 23.7 Å². The summed E-state index contributed by atoms with van der Waals surface area (Å²) in [7, 11) is 2.14. The Bertz CT molecular complexity index is 1830. The van der Waals surface area contributed by atoms with Gasteiger partial charge in [-0.15, -0.1) is 11.8 Å². The standard InChI is InChI=1S/C35H38FN7O2S/c1-40-12-14-41(15-13-40)24-6-7-32(38-19-24)39-29-16-22(20-42-11-9-37-34(29)42)27-17-23(36)18-30(28(27)21-44)43-10-8-26-25-4-2-3-5-31(25)46-33(26)35(43)45/h6-7,9,11,16-20,26,33,44H,2-5,8,10,12-15,21H2,1H3,(H,38,39). The number of benzene rings is 1. The highest BCUT2D eigenvalue weighted by Gasteiger charge is 2.45. The first-order chi connectivity index (χ1) is 22.5. The number of imidazole rings is 1. The van der Waals surface area contributed by atoms with Gasteiger partial charge in [-0.05, 0) is 80.0 Å². The highest BCUT2D eigenvalue weighted by Crippen LogP contribution is 2.52. The number of piperidine rings is 1. The van der Waals surface area contributed by atoms with Gasteiger partial charge in [0.15, 0.2) is 5.65 Å². The number of nitrogens with zero attached hydrogens (tertiary/aromatic N) is 6. The molecule has 0 spiro atoms. The topological polar surface area (TPSA) is 89.2 Å². The van der Waals surface area contributed by atoms with Crippen LogP contribution in [-0.2, 0) is 11.4 Å². The van der Waals surface area contributed by atoms with E-state index in [1.54, 1.807) is 22.9 Å². The van der Waals surface area contributed by atoms with Gasteiger partial charge in [0.1, 0.15) is 11.6 Å². The Kier molecular flexibility index (Phi) is 7.70. The molecule has 4 aromatic rings. The van der Waals surface area contributed by atoms with Gasteiger partial charge in [-0.1, -0.05) is 5.57 Å². The number of hydrogen-bond acceptors (Lipinski definition) is 8. The maximum atomic E-state index is 15.5. The zero-order valence-electron chi connectivity index (χ0n) is 26.0. The van der Waals surface area contributed by atoms with Crippen LogP contribution in [0.4, 0.5) is 27.3 Å². The number of hydrogen-bond donors (Lipinski definition) is 2. The van der Waals surface area contributed by atoms with Crippen molar-refractivity contribution < 1.29 is 14.3 Å². The monoisotopic (exact) mass is 639 g/mol. The van der Waals surface area contributed by atoms with E-state index in [2.05, 4.69) is 33.2 Å². The van der Waals surface area contributed by atoms with Crippen LogP contribution in [0.15, 0.2) is 65.6 Å². The molecule has 1 aliphatic carbocycles. The van der Waals surface area contributed by atoms with Crippen molar-refractivity contribution >= 4 is 46.2 Å². The number of likely N-dealkylation sites (N-methyl/N-ethyl adjacent to an activating group) is 1. The van der Waals surface area contributed by atoms with Gasteiger partial charge < -0.3 is 29.5 Å². The molecule has 1 aromatic carbocycles. The van der Waals surface area contributed by atoms with Crippen molar-refractivity contribution in [3.05, 3.63) is 77.0 Å². The quantitative estimate of drug-likeness (QED) is 0.273. The van der Waals surface area contributed by atoms with Crippen LogP contribution < -0.4 is 15.1 Å². The van der Waals surface area contributed by atoms with Crippen LogP contribution in [0.25, 0.3) is 16.8 Å². The lowest BCUT2D eigenvalue weighted by Gasteiger charge is -2.36. The SMILES string of the molecule is CN1CCN(c2ccc(Nc3cc(-c4cc(F)cc(N5CCC6C7=C(CCCC7)SC6C5=O)c4CO)cn4ccnc34)nc2)CC1. The average Bonchev–Trinajstić information content (AvgIpc) is 3.71. The lowest BCUT2D eigenvalue weighted by atomic mass is 9.82. The molecule has 11 heteroatoms. The molecule has 8 rings (SSSR count). The van der Waals surface area contributed by atoms with E-state index in [0.717, 1.165) is 51.1 Å². The number of aliphatic hydroxyl groups is 1. The summed E-state index contributed by atoms with van der Waals surface area (Å²) < 4.78 is 17.3. The van der Waals surface area contributed by atoms with Crippen molar-refractivity contribution in [2.45, 2.75) is 44.0 Å². The fourth-order valence-electron chi connectivity index (χ4n) is 7.57. The second-order valence-electron chi connectivity index (χ2n) is 12.8. The van der Waals surface area contributed by atoms with Gasteiger partial charge >= 0.3 is 0 Å². The van der Waals surface area contributed by atoms with Gasteiger partial charge in [-0.25, -0.2) is 14.4 Å². The van der Waals surface area contributed by atoms with Gasteiger partial charge in [-0.3, -0.25) is 4.79 Å². The van der Waals surface area contributed by atoms with Crippen LogP contribution in [0, 0.1) is 11.7 Å². The van der Waals surface area contributed by atoms with Crippen molar-refractivity contribution in [3.63, 3.8) is 0 Å². The minimum Gasteiger partial charge on any atom is -0.392 e. The summed E-state index contributed by atoms with van der Waals surface area (Å²) in [6.07, 6.45) is 12.7. The van der Waals surface area contributed by atoms with Crippen molar-refractivity contribution in [2.75, 3.05) is 54.9 Å². The number of rotatable bonds is 6. The Morgan fingerprint density at radius 1 is 1.07 bits per heavy atom. The molecular weight excluding hydrogens is 601 g/mol. The Morgan fingerprint density at radius 3 is 2.72 bits per heavy atom. The Balaban J connectivity index is 1.11. The summed E-state index contributed by atoms with van der Waals surface area (Å²) in [5, 5.41) is 14.0. The average molecular weight is 640 g/mol. The van der Waals surface area contributed by atoms with Crippen molar-refractivity contribution in [2.24, 2.45) is 5.92 Å². The molecule has 4 aliphatic rings. The number of halogens is 1. The van der Waals surface area contributed by atoms with Crippen LogP contribution in [0.3, 0.4) is 0 Å². The minimum atomic E-state index is -0.449. The highest BCUT2D eigenvalue weighted by molar-refractivity contribution is 8.04. The number of fused-ring (bicyclic) bond motifs is 3. The molecule has 2 saturated heterocycles. The van der Waals surface area contributed by atoms with Crippen LogP contribution in [0.1, 0.15) is 37.7 Å². The molecule has 2 unspecified atom stereocenters. The molecule has 9 nitrogen and oxygen atoms in total. The number of aliphatic hydroxyl groups excluding tert-OH is 1. The van der Waals surface area contributed by atoms with Crippen molar-refractivity contribution in [3.8, 4) is 11.1 Å². The molecule has 0 radical (unpaired) electrons. The number of carbonyl (C=O) groups is 1. The molecule has 46 heavy (non-hydrogen) atoms. The third-order valence-corrected chi connectivity index (χ3v) is 11.6. The van der Waals surface area contributed by atoms with Gasteiger partial charge in [0.05, 0.1) is 35.1 Å². The normalized spacial score (nSPS) is 22.0. The number of allylic oxidation sites excluding steroid dienone is 2. The van der Waals surface area contributed by atoms with Gasteiger partial charge in [0.2, 0.25) is 5.91 Å². The molecule has 238 valence electrons.